The van der Waals surface area contributed by atoms with Crippen LogP contribution < -0.4 is 5.32 Å². The van der Waals surface area contributed by atoms with Crippen molar-refractivity contribution in [2.45, 2.75) is 45.1 Å². The Morgan fingerprint density at radius 2 is 1.96 bits per heavy atom. The molecule has 140 valence electrons. The summed E-state index contributed by atoms with van der Waals surface area (Å²) < 4.78 is 25.4. The van der Waals surface area contributed by atoms with Crippen LogP contribution in [0.5, 0.6) is 0 Å². The van der Waals surface area contributed by atoms with Crippen LogP contribution in [0.3, 0.4) is 0 Å². The van der Waals surface area contributed by atoms with Gasteiger partial charge in [-0.1, -0.05) is 51.1 Å². The van der Waals surface area contributed by atoms with Crippen LogP contribution in [0.15, 0.2) is 36.4 Å². The van der Waals surface area contributed by atoms with Crippen LogP contribution in [-0.4, -0.2) is 35.6 Å². The predicted molar refractivity (Wildman–Crippen MR) is 102 cm³/mol. The fourth-order valence-electron chi connectivity index (χ4n) is 3.07. The van der Waals surface area contributed by atoms with E-state index in [0.29, 0.717) is 12.2 Å². The van der Waals surface area contributed by atoms with E-state index in [9.17, 15) is 13.2 Å². The smallest absolute Gasteiger partial charge is 0.229 e. The van der Waals surface area contributed by atoms with E-state index in [1.165, 1.54) is 0 Å². The van der Waals surface area contributed by atoms with Gasteiger partial charge < -0.3 is 5.32 Å². The second kappa shape index (κ2) is 6.87. The number of nitrogens with one attached hydrogen (secondary N) is 1. The molecule has 1 aliphatic heterocycles. The Bertz CT molecular complexity index is 896. The maximum atomic E-state index is 12.5. The molecule has 26 heavy (non-hydrogen) atoms. The Hall–Kier alpha value is -2.15. The normalized spacial score (nSPS) is 19.4. The third-order valence-electron chi connectivity index (χ3n) is 4.53. The number of rotatable bonds is 4. The molecule has 1 aromatic carbocycles. The Balaban J connectivity index is 1.85. The summed E-state index contributed by atoms with van der Waals surface area (Å²) >= 11 is 0. The number of carbonyl (C=O) groups excluding carboxylic acids is 1. The first-order valence-electron chi connectivity index (χ1n) is 8.78. The average Bonchev–Trinajstić information content (AvgIpc) is 3.11. The second-order valence-electron chi connectivity index (χ2n) is 7.88. The first-order chi connectivity index (χ1) is 12.1. The van der Waals surface area contributed by atoms with Crippen molar-refractivity contribution >= 4 is 21.6 Å². The number of sulfone groups is 1. The topological polar surface area (TPSA) is 81.1 Å². The van der Waals surface area contributed by atoms with Gasteiger partial charge in [-0.2, -0.15) is 5.10 Å². The highest BCUT2D eigenvalue weighted by atomic mass is 32.2. The molecule has 1 amide bonds. The highest BCUT2D eigenvalue weighted by Gasteiger charge is 2.32. The van der Waals surface area contributed by atoms with Crippen molar-refractivity contribution in [1.29, 1.82) is 0 Å². The van der Waals surface area contributed by atoms with Gasteiger partial charge in [0.25, 0.3) is 0 Å². The van der Waals surface area contributed by atoms with Crippen LogP contribution in [0, 0.1) is 0 Å². The molecule has 2 heterocycles. The molecule has 0 bridgehead atoms. The molecule has 1 atom stereocenters. The van der Waals surface area contributed by atoms with Crippen LogP contribution >= 0.6 is 0 Å². The van der Waals surface area contributed by atoms with Gasteiger partial charge in [0.2, 0.25) is 5.91 Å². The van der Waals surface area contributed by atoms with Gasteiger partial charge in [0, 0.05) is 11.5 Å². The lowest BCUT2D eigenvalue weighted by molar-refractivity contribution is -0.115. The van der Waals surface area contributed by atoms with E-state index in [1.54, 1.807) is 4.68 Å². The molecule has 0 radical (unpaired) electrons. The Kier molecular flexibility index (Phi) is 4.92. The van der Waals surface area contributed by atoms with Crippen LogP contribution in [0.1, 0.15) is 44.5 Å². The molecular formula is C19H25N3O3S. The summed E-state index contributed by atoms with van der Waals surface area (Å²) in [4.78, 5) is 12.5. The highest BCUT2D eigenvalue weighted by molar-refractivity contribution is 7.91. The first-order valence-corrected chi connectivity index (χ1v) is 10.6. The van der Waals surface area contributed by atoms with E-state index in [-0.39, 0.29) is 35.3 Å². The van der Waals surface area contributed by atoms with E-state index < -0.39 is 9.84 Å². The third-order valence-corrected chi connectivity index (χ3v) is 6.28. The third kappa shape index (κ3) is 4.33. The predicted octanol–water partition coefficient (Wildman–Crippen LogP) is 2.72. The number of hydrogen-bond acceptors (Lipinski definition) is 4. The molecule has 3 rings (SSSR count). The van der Waals surface area contributed by atoms with Gasteiger partial charge in [-0.3, -0.25) is 4.79 Å². The zero-order chi connectivity index (χ0) is 18.9. The molecule has 0 saturated carbocycles. The Morgan fingerprint density at radius 3 is 2.54 bits per heavy atom. The number of anilines is 1. The molecule has 0 spiro atoms. The van der Waals surface area contributed by atoms with Crippen LogP contribution in [0.25, 0.3) is 0 Å². The monoisotopic (exact) mass is 375 g/mol. The van der Waals surface area contributed by atoms with Gasteiger partial charge in [-0.15, -0.1) is 0 Å². The zero-order valence-electron chi connectivity index (χ0n) is 15.4. The molecule has 1 aromatic heterocycles. The fraction of sp³-hybridized carbons (Fsp3) is 0.474. The average molecular weight is 375 g/mol. The highest BCUT2D eigenvalue weighted by Crippen LogP contribution is 2.30. The van der Waals surface area contributed by atoms with E-state index >= 15 is 0 Å². The molecule has 6 nitrogen and oxygen atoms in total. The lowest BCUT2D eigenvalue weighted by Gasteiger charge is -2.15. The van der Waals surface area contributed by atoms with Gasteiger partial charge in [0.05, 0.1) is 29.7 Å². The number of nitrogens with zero attached hydrogens (tertiary/aromatic N) is 2. The van der Waals surface area contributed by atoms with Crippen molar-refractivity contribution in [2.75, 3.05) is 16.8 Å². The molecule has 1 fully saturated rings. The summed E-state index contributed by atoms with van der Waals surface area (Å²) in [6.07, 6.45) is 0.787. The van der Waals surface area contributed by atoms with Gasteiger partial charge in [0.1, 0.15) is 5.82 Å². The molecule has 7 heteroatoms. The van der Waals surface area contributed by atoms with Crippen LogP contribution in [0.2, 0.25) is 0 Å². The number of amides is 1. The van der Waals surface area contributed by atoms with Crippen molar-refractivity contribution in [2.24, 2.45) is 0 Å². The molecule has 2 aromatic rings. The summed E-state index contributed by atoms with van der Waals surface area (Å²) in [5.74, 6) is 0.663. The minimum absolute atomic E-state index is 0.0693. The molecule has 1 N–H and O–H groups in total. The van der Waals surface area contributed by atoms with Crippen molar-refractivity contribution in [3.63, 3.8) is 0 Å². The van der Waals surface area contributed by atoms with Crippen molar-refractivity contribution < 1.29 is 13.2 Å². The zero-order valence-corrected chi connectivity index (χ0v) is 16.2. The molecule has 0 aliphatic carbocycles. The van der Waals surface area contributed by atoms with Crippen molar-refractivity contribution in [1.82, 2.24) is 9.78 Å². The van der Waals surface area contributed by atoms with Gasteiger partial charge in [-0.25, -0.2) is 13.1 Å². The summed E-state index contributed by atoms with van der Waals surface area (Å²) in [5.41, 5.74) is 1.56. The Labute approximate surface area is 154 Å². The van der Waals surface area contributed by atoms with E-state index in [2.05, 4.69) is 10.4 Å². The number of carbonyl (C=O) groups is 1. The van der Waals surface area contributed by atoms with Crippen molar-refractivity contribution in [3.8, 4) is 0 Å². The maximum Gasteiger partial charge on any atom is 0.229 e. The van der Waals surface area contributed by atoms with Crippen molar-refractivity contribution in [3.05, 3.63) is 47.7 Å². The van der Waals surface area contributed by atoms with Crippen LogP contribution in [0.4, 0.5) is 5.82 Å². The van der Waals surface area contributed by atoms with E-state index in [4.69, 9.17) is 0 Å². The summed E-state index contributed by atoms with van der Waals surface area (Å²) in [5, 5.41) is 7.55. The largest absolute Gasteiger partial charge is 0.311 e. The van der Waals surface area contributed by atoms with Gasteiger partial charge in [-0.05, 0) is 12.0 Å². The molecular weight excluding hydrogens is 350 g/mol. The fourth-order valence-corrected chi connectivity index (χ4v) is 4.76. The second-order valence-corrected chi connectivity index (χ2v) is 10.1. The lowest BCUT2D eigenvalue weighted by Crippen LogP contribution is -2.21. The molecule has 1 saturated heterocycles. The van der Waals surface area contributed by atoms with Crippen LogP contribution in [-0.2, 0) is 26.5 Å². The quantitative estimate of drug-likeness (QED) is 0.891. The van der Waals surface area contributed by atoms with E-state index in [1.807, 2.05) is 57.2 Å². The minimum atomic E-state index is -3.04. The SMILES string of the molecule is CC(C)(C)c1cc(NC(=O)Cc2ccccc2)n(C2CCS(=O)(=O)C2)n1. The summed E-state index contributed by atoms with van der Waals surface area (Å²) in [7, 11) is -3.04. The molecule has 1 unspecified atom stereocenters. The lowest BCUT2D eigenvalue weighted by atomic mass is 9.92. The van der Waals surface area contributed by atoms with Gasteiger partial charge in [0.15, 0.2) is 9.84 Å². The van der Waals surface area contributed by atoms with Gasteiger partial charge >= 0.3 is 0 Å². The van der Waals surface area contributed by atoms with E-state index in [0.717, 1.165) is 11.3 Å². The minimum Gasteiger partial charge on any atom is -0.311 e. The number of benzene rings is 1. The Morgan fingerprint density at radius 1 is 1.27 bits per heavy atom. The summed E-state index contributed by atoms with van der Waals surface area (Å²) in [6.45, 7) is 6.13. The number of aromatic nitrogens is 2. The first kappa shape index (κ1) is 18.6. The number of hydrogen-bond donors (Lipinski definition) is 1. The molecule has 1 aliphatic rings. The maximum absolute atomic E-state index is 12.5. The standard InChI is InChI=1S/C19H25N3O3S/c1-19(2,3)16-12-17(20-18(23)11-14-7-5-4-6-8-14)22(21-16)15-9-10-26(24,25)13-15/h4-8,12,15H,9-11,13H2,1-3H3,(H,20,23). The summed E-state index contributed by atoms with van der Waals surface area (Å²) in [6, 6.07) is 11.1.